The first kappa shape index (κ1) is 31.0. The summed E-state index contributed by atoms with van der Waals surface area (Å²) in [7, 11) is -1.63. The maximum absolute atomic E-state index is 13.2. The Morgan fingerprint density at radius 2 is 1.74 bits per heavy atom. The van der Waals surface area contributed by atoms with E-state index in [1.165, 1.54) is 16.4 Å². The quantitative estimate of drug-likeness (QED) is 0.509. The summed E-state index contributed by atoms with van der Waals surface area (Å²) in [6.07, 6.45) is -4.30. The molecule has 2 aromatic rings. The van der Waals surface area contributed by atoms with E-state index in [1.54, 1.807) is 6.07 Å². The van der Waals surface area contributed by atoms with Gasteiger partial charge in [-0.3, -0.25) is 14.6 Å². The number of halogens is 3. The Morgan fingerprint density at radius 3 is 2.40 bits per heavy atom. The van der Waals surface area contributed by atoms with Crippen LogP contribution in [0.3, 0.4) is 0 Å². The molecule has 5 rings (SSSR count). The number of carbonyl (C=O) groups is 2. The third-order valence-electron chi connectivity index (χ3n) is 8.27. The number of likely N-dealkylation sites (N-methyl/N-ethyl adjacent to an activating group) is 1. The van der Waals surface area contributed by atoms with E-state index in [-0.39, 0.29) is 55.4 Å². The summed E-state index contributed by atoms with van der Waals surface area (Å²) >= 11 is 0. The highest BCUT2D eigenvalue weighted by Crippen LogP contribution is 2.33. The van der Waals surface area contributed by atoms with Crippen LogP contribution in [0, 0.1) is 6.92 Å². The van der Waals surface area contributed by atoms with Crippen molar-refractivity contribution in [2.45, 2.75) is 38.1 Å². The number of amidine groups is 1. The van der Waals surface area contributed by atoms with Crippen molar-refractivity contribution in [1.82, 2.24) is 19.4 Å². The second-order valence-electron chi connectivity index (χ2n) is 11.2. The molecule has 0 atom stereocenters. The van der Waals surface area contributed by atoms with Gasteiger partial charge in [0.15, 0.2) is 0 Å². The minimum atomic E-state index is -4.86. The van der Waals surface area contributed by atoms with Crippen molar-refractivity contribution in [3.05, 3.63) is 64.7 Å². The highest BCUT2D eigenvalue weighted by molar-refractivity contribution is 7.89. The molecule has 3 aliphatic rings. The van der Waals surface area contributed by atoms with E-state index >= 15 is 0 Å². The Morgan fingerprint density at radius 1 is 1.05 bits per heavy atom. The molecular weight excluding hydrogens is 587 g/mol. The Hall–Kier alpha value is -3.49. The molecule has 2 fully saturated rings. The third kappa shape index (κ3) is 7.02. The van der Waals surface area contributed by atoms with Crippen molar-refractivity contribution < 1.29 is 35.9 Å². The van der Waals surface area contributed by atoms with E-state index in [4.69, 9.17) is 0 Å². The van der Waals surface area contributed by atoms with E-state index in [9.17, 15) is 31.2 Å². The third-order valence-corrected chi connectivity index (χ3v) is 10.1. The van der Waals surface area contributed by atoms with Gasteiger partial charge < -0.3 is 19.9 Å². The summed E-state index contributed by atoms with van der Waals surface area (Å²) in [5.41, 5.74) is 1.35. The lowest BCUT2D eigenvalue weighted by molar-refractivity contribution is -0.274. The lowest BCUT2D eigenvalue weighted by atomic mass is 9.89. The summed E-state index contributed by atoms with van der Waals surface area (Å²) in [6, 6.07) is 10.5. The summed E-state index contributed by atoms with van der Waals surface area (Å²) in [4.78, 5) is 34.3. The predicted octanol–water partition coefficient (Wildman–Crippen LogP) is 2.56. The first-order valence-corrected chi connectivity index (χ1v) is 15.7. The van der Waals surface area contributed by atoms with Crippen molar-refractivity contribution in [1.29, 1.82) is 0 Å². The minimum Gasteiger partial charge on any atom is -0.406 e. The number of aryl methyl sites for hydroxylation is 2. The molecule has 0 aliphatic carbocycles. The molecule has 0 radical (unpaired) electrons. The summed E-state index contributed by atoms with van der Waals surface area (Å²) in [6.45, 7) is 5.03. The molecule has 0 aromatic heterocycles. The lowest BCUT2D eigenvalue weighted by Crippen LogP contribution is -2.50. The minimum absolute atomic E-state index is 0.0262. The molecule has 10 nitrogen and oxygen atoms in total. The van der Waals surface area contributed by atoms with Gasteiger partial charge in [-0.15, -0.1) is 13.2 Å². The first-order valence-electron chi connectivity index (χ1n) is 14.1. The molecule has 232 valence electrons. The van der Waals surface area contributed by atoms with Crippen molar-refractivity contribution in [3.63, 3.8) is 0 Å². The van der Waals surface area contributed by atoms with Crippen molar-refractivity contribution >= 4 is 27.7 Å². The predicted molar refractivity (Wildman–Crippen MR) is 153 cm³/mol. The van der Waals surface area contributed by atoms with Gasteiger partial charge in [0.25, 0.3) is 11.8 Å². The zero-order chi connectivity index (χ0) is 31.0. The molecule has 0 bridgehead atoms. The molecule has 14 heteroatoms. The van der Waals surface area contributed by atoms with Crippen LogP contribution in [0.4, 0.5) is 13.2 Å². The average Bonchev–Trinajstić information content (AvgIpc) is 3.27. The second-order valence-corrected chi connectivity index (χ2v) is 13.3. The Bertz CT molecular complexity index is 1530. The van der Waals surface area contributed by atoms with Crippen LogP contribution in [0.5, 0.6) is 5.75 Å². The van der Waals surface area contributed by atoms with Crippen molar-refractivity contribution in [3.8, 4) is 5.75 Å². The van der Waals surface area contributed by atoms with Crippen LogP contribution in [0.25, 0.3) is 0 Å². The van der Waals surface area contributed by atoms with Crippen LogP contribution in [-0.2, 0) is 21.2 Å². The van der Waals surface area contributed by atoms with Crippen LogP contribution in [0.1, 0.15) is 39.9 Å². The maximum atomic E-state index is 13.2. The van der Waals surface area contributed by atoms with Crippen LogP contribution in [0.2, 0.25) is 0 Å². The van der Waals surface area contributed by atoms with E-state index in [1.807, 2.05) is 31.0 Å². The zero-order valence-corrected chi connectivity index (χ0v) is 24.8. The van der Waals surface area contributed by atoms with Gasteiger partial charge in [-0.25, -0.2) is 12.7 Å². The summed E-state index contributed by atoms with van der Waals surface area (Å²) in [5.74, 6) is -0.876. The van der Waals surface area contributed by atoms with Gasteiger partial charge in [-0.1, -0.05) is 18.2 Å². The molecule has 2 saturated heterocycles. The van der Waals surface area contributed by atoms with Gasteiger partial charge >= 0.3 is 6.36 Å². The average molecular weight is 622 g/mol. The topological polar surface area (TPSA) is 112 Å². The molecule has 2 amide bonds. The number of amides is 2. The molecule has 1 spiro atoms. The fourth-order valence-corrected chi connectivity index (χ4v) is 7.11. The van der Waals surface area contributed by atoms with Gasteiger partial charge in [-0.05, 0) is 68.6 Å². The van der Waals surface area contributed by atoms with Gasteiger partial charge in [0.05, 0.1) is 5.75 Å². The van der Waals surface area contributed by atoms with Crippen molar-refractivity contribution in [2.75, 3.05) is 52.1 Å². The van der Waals surface area contributed by atoms with E-state index < -0.39 is 33.6 Å². The Balaban J connectivity index is 1.19. The molecule has 0 saturated carbocycles. The lowest BCUT2D eigenvalue weighted by Gasteiger charge is -2.34. The first-order chi connectivity index (χ1) is 20.2. The monoisotopic (exact) mass is 621 g/mol. The summed E-state index contributed by atoms with van der Waals surface area (Å²) < 4.78 is 69.7. The van der Waals surface area contributed by atoms with Gasteiger partial charge in [0, 0.05) is 50.4 Å². The molecular formula is C29H34F3N5O5S. The SMILES string of the molecule is Cc1cc(C(=O)N2CCN(C)CC2)ccc1CCS(=O)(=O)N1CCC2(CC1)N=C(c1cccc(OC(F)(F)F)c1)NC2=O. The number of piperazine rings is 1. The molecule has 0 unspecified atom stereocenters. The van der Waals surface area contributed by atoms with Gasteiger partial charge in [0.2, 0.25) is 10.0 Å². The number of sulfonamides is 1. The maximum Gasteiger partial charge on any atom is 0.573 e. The molecule has 3 heterocycles. The number of hydrogen-bond donors (Lipinski definition) is 1. The van der Waals surface area contributed by atoms with Crippen LogP contribution < -0.4 is 10.1 Å². The van der Waals surface area contributed by atoms with Gasteiger partial charge in [0.1, 0.15) is 17.1 Å². The van der Waals surface area contributed by atoms with Crippen molar-refractivity contribution in [2.24, 2.45) is 4.99 Å². The van der Waals surface area contributed by atoms with Crippen LogP contribution >= 0.6 is 0 Å². The van der Waals surface area contributed by atoms with Crippen LogP contribution in [0.15, 0.2) is 47.5 Å². The van der Waals surface area contributed by atoms with Crippen LogP contribution in [-0.4, -0.2) is 104 Å². The number of rotatable bonds is 7. The highest BCUT2D eigenvalue weighted by atomic mass is 32.2. The fourth-order valence-electron chi connectivity index (χ4n) is 5.64. The number of alkyl halides is 3. The number of piperidine rings is 1. The van der Waals surface area contributed by atoms with E-state index in [0.29, 0.717) is 18.7 Å². The van der Waals surface area contributed by atoms with E-state index in [2.05, 4.69) is 19.9 Å². The van der Waals surface area contributed by atoms with Gasteiger partial charge in [-0.2, -0.15) is 0 Å². The van der Waals surface area contributed by atoms with E-state index in [0.717, 1.165) is 36.3 Å². The second kappa shape index (κ2) is 11.9. The Labute approximate surface area is 248 Å². The number of nitrogens with one attached hydrogen (secondary N) is 1. The molecule has 43 heavy (non-hydrogen) atoms. The normalized spacial score (nSPS) is 19.8. The Kier molecular flexibility index (Phi) is 8.56. The standard InChI is InChI=1S/C29H34F3N5O5S/c1-20-18-23(26(38)36-15-13-35(2)14-16-36)7-6-21(20)8-17-43(40,41)37-11-9-28(10-12-37)27(39)33-25(34-28)22-4-3-5-24(19-22)42-29(30,31)32/h3-7,18-19H,8-17H2,1-2H3,(H,33,34,39). The number of benzene rings is 2. The largest absolute Gasteiger partial charge is 0.573 e. The molecule has 2 aromatic carbocycles. The highest BCUT2D eigenvalue weighted by Gasteiger charge is 2.47. The summed E-state index contributed by atoms with van der Waals surface area (Å²) in [5, 5.41) is 2.64. The smallest absolute Gasteiger partial charge is 0.406 e. The fraction of sp³-hybridized carbons (Fsp3) is 0.483. The number of aliphatic imine (C=N–C) groups is 1. The zero-order valence-electron chi connectivity index (χ0n) is 24.0. The number of nitrogens with zero attached hydrogens (tertiary/aromatic N) is 4. The molecule has 3 aliphatic heterocycles. The number of carbonyl (C=O) groups excluding carboxylic acids is 2. The number of ether oxygens (including phenoxy) is 1. The number of hydrogen-bond acceptors (Lipinski definition) is 7. The molecule has 1 N–H and O–H groups in total.